The fourth-order valence-electron chi connectivity index (χ4n) is 5.31. The van der Waals surface area contributed by atoms with E-state index < -0.39 is 0 Å². The number of hydrogen-bond donors (Lipinski definition) is 2. The summed E-state index contributed by atoms with van der Waals surface area (Å²) in [6, 6.07) is 22.9. The van der Waals surface area contributed by atoms with Crippen molar-refractivity contribution in [1.82, 2.24) is 9.72 Å². The van der Waals surface area contributed by atoms with Gasteiger partial charge in [-0.2, -0.15) is 0 Å². The molecule has 0 aliphatic carbocycles. The predicted octanol–water partition coefficient (Wildman–Crippen LogP) is 6.74. The number of methoxy groups -OCH3 is 4. The number of pyridine rings is 1. The number of aromatic nitrogens is 2. The molecule has 2 N–H and O–H groups in total. The Labute approximate surface area is 268 Å². The van der Waals surface area contributed by atoms with Gasteiger partial charge in [0, 0.05) is 34.6 Å². The average molecular weight is 641 g/mol. The highest BCUT2D eigenvalue weighted by Crippen LogP contribution is 2.40. The van der Waals surface area contributed by atoms with Crippen LogP contribution in [-0.2, 0) is 11.2 Å². The standard InChI is InChI=1S/C34H29ClN4O7/c1-42-23-13-11-20(12-14-23)37-33-30-31(38-46-33)29-24(35)9-6-10-25(29)39(34(30)41)22-8-5-7-19(15-22)16-28(40)36-21-17-26(43-2)32(45-4)27(18-21)44-3/h5-15,17-18,37H,16H2,1-4H3,(H,36,40). The van der Waals surface area contributed by atoms with E-state index in [2.05, 4.69) is 15.8 Å². The molecule has 46 heavy (non-hydrogen) atoms. The topological polar surface area (TPSA) is 126 Å². The van der Waals surface area contributed by atoms with Crippen LogP contribution in [0.25, 0.3) is 27.5 Å². The number of anilines is 3. The van der Waals surface area contributed by atoms with Gasteiger partial charge in [-0.15, -0.1) is 0 Å². The van der Waals surface area contributed by atoms with Crippen molar-refractivity contribution in [3.8, 4) is 28.7 Å². The van der Waals surface area contributed by atoms with Crippen LogP contribution in [0.5, 0.6) is 23.0 Å². The van der Waals surface area contributed by atoms with Crippen LogP contribution in [0.1, 0.15) is 5.56 Å². The minimum absolute atomic E-state index is 0.0255. The zero-order valence-electron chi connectivity index (χ0n) is 25.3. The number of hydrogen-bond acceptors (Lipinski definition) is 9. The van der Waals surface area contributed by atoms with Crippen LogP contribution in [-0.4, -0.2) is 44.1 Å². The number of carbonyl (C=O) groups is 1. The number of halogens is 1. The lowest BCUT2D eigenvalue weighted by Crippen LogP contribution is -2.20. The van der Waals surface area contributed by atoms with Crippen LogP contribution in [0.4, 0.5) is 17.3 Å². The molecule has 0 aliphatic rings. The Bertz CT molecular complexity index is 2120. The monoisotopic (exact) mass is 640 g/mol. The van der Waals surface area contributed by atoms with Crippen LogP contribution in [0, 0.1) is 0 Å². The molecule has 0 atom stereocenters. The van der Waals surface area contributed by atoms with Gasteiger partial charge in [0.15, 0.2) is 11.5 Å². The molecule has 0 unspecified atom stereocenters. The van der Waals surface area contributed by atoms with Crippen molar-refractivity contribution in [2.75, 3.05) is 39.1 Å². The van der Waals surface area contributed by atoms with E-state index in [0.717, 1.165) is 0 Å². The summed E-state index contributed by atoms with van der Waals surface area (Å²) in [6.45, 7) is 0. The fraction of sp³-hybridized carbons (Fsp3) is 0.147. The van der Waals surface area contributed by atoms with Gasteiger partial charge in [0.05, 0.1) is 45.4 Å². The van der Waals surface area contributed by atoms with Crippen LogP contribution >= 0.6 is 11.6 Å². The highest BCUT2D eigenvalue weighted by atomic mass is 35.5. The number of nitrogens with zero attached hydrogens (tertiary/aromatic N) is 2. The molecule has 4 aromatic carbocycles. The zero-order valence-corrected chi connectivity index (χ0v) is 26.1. The summed E-state index contributed by atoms with van der Waals surface area (Å²) in [4.78, 5) is 27.4. The Hall–Kier alpha value is -5.68. The SMILES string of the molecule is COc1ccc(Nc2onc3c2c(=O)n(-c2cccc(CC(=O)Nc4cc(OC)c(OC)c(OC)c4)c2)c2cccc(Cl)c32)cc1. The van der Waals surface area contributed by atoms with Crippen molar-refractivity contribution < 1.29 is 28.3 Å². The third-order valence-corrected chi connectivity index (χ3v) is 7.72. The number of amides is 1. The molecular formula is C34H29ClN4O7. The maximum Gasteiger partial charge on any atom is 0.270 e. The van der Waals surface area contributed by atoms with Gasteiger partial charge >= 0.3 is 0 Å². The summed E-state index contributed by atoms with van der Waals surface area (Å²) in [6.07, 6.45) is 0.0255. The van der Waals surface area contributed by atoms with E-state index in [9.17, 15) is 9.59 Å². The van der Waals surface area contributed by atoms with Gasteiger partial charge in [-0.05, 0) is 54.1 Å². The van der Waals surface area contributed by atoms with Gasteiger partial charge in [-0.25, -0.2) is 0 Å². The smallest absolute Gasteiger partial charge is 0.270 e. The van der Waals surface area contributed by atoms with E-state index in [-0.39, 0.29) is 29.2 Å². The van der Waals surface area contributed by atoms with Crippen LogP contribution in [0.3, 0.4) is 0 Å². The Morgan fingerprint density at radius 1 is 0.848 bits per heavy atom. The summed E-state index contributed by atoms with van der Waals surface area (Å²) in [5, 5.41) is 11.4. The Balaban J connectivity index is 1.38. The minimum Gasteiger partial charge on any atom is -0.497 e. The lowest BCUT2D eigenvalue weighted by Gasteiger charge is -2.15. The molecule has 0 aliphatic heterocycles. The van der Waals surface area contributed by atoms with E-state index in [1.165, 1.54) is 21.3 Å². The molecule has 234 valence electrons. The van der Waals surface area contributed by atoms with Crippen molar-refractivity contribution in [2.24, 2.45) is 0 Å². The molecule has 0 saturated carbocycles. The summed E-state index contributed by atoms with van der Waals surface area (Å²) >= 11 is 6.68. The molecule has 6 rings (SSSR count). The van der Waals surface area contributed by atoms with Crippen molar-refractivity contribution in [3.05, 3.63) is 99.8 Å². The third-order valence-electron chi connectivity index (χ3n) is 7.41. The van der Waals surface area contributed by atoms with Crippen molar-refractivity contribution in [3.63, 3.8) is 0 Å². The Morgan fingerprint density at radius 3 is 2.24 bits per heavy atom. The molecule has 0 fully saturated rings. The quantitative estimate of drug-likeness (QED) is 0.167. The van der Waals surface area contributed by atoms with E-state index in [1.54, 1.807) is 84.5 Å². The van der Waals surface area contributed by atoms with Crippen LogP contribution in [0.15, 0.2) is 88.2 Å². The number of carbonyl (C=O) groups excluding carboxylic acids is 1. The second kappa shape index (κ2) is 12.7. The van der Waals surface area contributed by atoms with Gasteiger partial charge in [0.1, 0.15) is 16.7 Å². The Morgan fingerprint density at radius 2 is 1.57 bits per heavy atom. The van der Waals surface area contributed by atoms with Crippen molar-refractivity contribution in [1.29, 1.82) is 0 Å². The van der Waals surface area contributed by atoms with Gasteiger partial charge in [0.25, 0.3) is 5.56 Å². The van der Waals surface area contributed by atoms with Crippen LogP contribution < -0.4 is 35.1 Å². The molecule has 1 amide bonds. The molecule has 0 spiro atoms. The summed E-state index contributed by atoms with van der Waals surface area (Å²) < 4.78 is 28.6. The molecule has 2 heterocycles. The van der Waals surface area contributed by atoms with Crippen LogP contribution in [0.2, 0.25) is 5.02 Å². The molecule has 0 radical (unpaired) electrons. The summed E-state index contributed by atoms with van der Waals surface area (Å²) in [5.74, 6) is 1.81. The largest absolute Gasteiger partial charge is 0.497 e. The molecule has 11 nitrogen and oxygen atoms in total. The first-order valence-corrected chi connectivity index (χ1v) is 14.5. The number of ether oxygens (including phenoxy) is 4. The number of fused-ring (bicyclic) bond motifs is 3. The van der Waals surface area contributed by atoms with Crippen molar-refractivity contribution in [2.45, 2.75) is 6.42 Å². The maximum absolute atomic E-state index is 14.2. The van der Waals surface area contributed by atoms with Gasteiger partial charge in [0.2, 0.25) is 17.5 Å². The van der Waals surface area contributed by atoms with Gasteiger partial charge in [-0.3, -0.25) is 14.2 Å². The van der Waals surface area contributed by atoms with Crippen molar-refractivity contribution >= 4 is 56.6 Å². The number of nitrogens with one attached hydrogen (secondary N) is 2. The predicted molar refractivity (Wildman–Crippen MR) is 177 cm³/mol. The maximum atomic E-state index is 14.2. The van der Waals surface area contributed by atoms with E-state index >= 15 is 0 Å². The second-order valence-electron chi connectivity index (χ2n) is 10.2. The fourth-order valence-corrected chi connectivity index (χ4v) is 5.57. The van der Waals surface area contributed by atoms with E-state index in [4.69, 9.17) is 35.1 Å². The molecular weight excluding hydrogens is 612 g/mol. The normalized spacial score (nSPS) is 11.0. The highest BCUT2D eigenvalue weighted by molar-refractivity contribution is 6.37. The zero-order chi connectivity index (χ0) is 32.4. The second-order valence-corrected chi connectivity index (χ2v) is 10.6. The first-order chi connectivity index (χ1) is 22.3. The molecule has 2 aromatic heterocycles. The molecule has 0 bridgehead atoms. The first kappa shape index (κ1) is 30.4. The van der Waals surface area contributed by atoms with E-state index in [1.807, 2.05) is 6.07 Å². The molecule has 12 heteroatoms. The minimum atomic E-state index is -0.374. The number of benzene rings is 4. The van der Waals surface area contributed by atoms with E-state index in [0.29, 0.717) is 67.1 Å². The summed E-state index contributed by atoms with van der Waals surface area (Å²) in [5.41, 5.74) is 2.85. The van der Waals surface area contributed by atoms with Gasteiger partial charge in [-0.1, -0.05) is 35.0 Å². The highest BCUT2D eigenvalue weighted by Gasteiger charge is 2.22. The summed E-state index contributed by atoms with van der Waals surface area (Å²) in [7, 11) is 6.10. The van der Waals surface area contributed by atoms with Gasteiger partial charge < -0.3 is 34.1 Å². The molecule has 0 saturated heterocycles. The third kappa shape index (κ3) is 5.64. The first-order valence-electron chi connectivity index (χ1n) is 14.1. The Kier molecular flexibility index (Phi) is 8.41. The average Bonchev–Trinajstić information content (AvgIpc) is 3.48. The lowest BCUT2D eigenvalue weighted by atomic mass is 10.1. The molecule has 6 aromatic rings. The number of rotatable bonds is 10. The lowest BCUT2D eigenvalue weighted by molar-refractivity contribution is -0.115.